The van der Waals surface area contributed by atoms with Crippen molar-refractivity contribution in [1.29, 1.82) is 0 Å². The van der Waals surface area contributed by atoms with Gasteiger partial charge in [-0.1, -0.05) is 214 Å². The molecule has 0 heterocycles. The van der Waals surface area contributed by atoms with Gasteiger partial charge in [0.1, 0.15) is 0 Å². The molecule has 2 unspecified atom stereocenters. The third-order valence-corrected chi connectivity index (χ3v) is 11.2. The summed E-state index contributed by atoms with van der Waals surface area (Å²) in [5.41, 5.74) is 0. The van der Waals surface area contributed by atoms with Crippen LogP contribution in [-0.4, -0.2) is 84.0 Å². The second kappa shape index (κ2) is 53.3. The normalized spacial score (nSPS) is 12.3. The largest absolute Gasteiger partial charge is 0.483 e. The summed E-state index contributed by atoms with van der Waals surface area (Å²) in [4.78, 5) is 10.7. The number of hydrogen-bond acceptors (Lipinski definition) is 6. The quantitative estimate of drug-likeness (QED) is 0.0360. The van der Waals surface area contributed by atoms with Crippen LogP contribution in [0.4, 0.5) is 0 Å². The summed E-state index contributed by atoms with van der Waals surface area (Å²) in [7, 11) is 1.84. The van der Waals surface area contributed by atoms with Gasteiger partial charge in [-0.05, 0) is 51.1 Å². The molecule has 0 aromatic carbocycles. The molecular formula is C48H101NO6. The smallest absolute Gasteiger partial charge is 0.290 e. The number of hydrogen-bond donors (Lipinski definition) is 4. The Morgan fingerprint density at radius 3 is 1.18 bits per heavy atom. The van der Waals surface area contributed by atoms with Crippen LogP contribution in [0.1, 0.15) is 246 Å². The summed E-state index contributed by atoms with van der Waals surface area (Å²) < 4.78 is 5.42. The molecule has 7 heteroatoms. The van der Waals surface area contributed by atoms with Gasteiger partial charge in [0, 0.05) is 20.3 Å². The molecule has 334 valence electrons. The highest BCUT2D eigenvalue weighted by atomic mass is 16.5. The highest BCUT2D eigenvalue weighted by Gasteiger charge is 2.12. The summed E-state index contributed by atoms with van der Waals surface area (Å²) in [6.07, 6.45) is 45.4. The maximum Gasteiger partial charge on any atom is 0.290 e. The lowest BCUT2D eigenvalue weighted by Gasteiger charge is -2.24. The molecule has 0 aliphatic carbocycles. The van der Waals surface area contributed by atoms with Gasteiger partial charge < -0.3 is 30.1 Å². The molecular weight excluding hydrogens is 687 g/mol. The number of ether oxygens (including phenoxy) is 1. The van der Waals surface area contributed by atoms with Crippen LogP contribution in [0.15, 0.2) is 0 Å². The molecule has 0 aromatic heterocycles. The van der Waals surface area contributed by atoms with Crippen LogP contribution in [0.25, 0.3) is 0 Å². The summed E-state index contributed by atoms with van der Waals surface area (Å²) in [5.74, 6) is 0.959. The second-order valence-corrected chi connectivity index (χ2v) is 16.5. The van der Waals surface area contributed by atoms with Crippen molar-refractivity contribution in [2.24, 2.45) is 5.92 Å². The minimum Gasteiger partial charge on any atom is -0.483 e. The van der Waals surface area contributed by atoms with E-state index in [9.17, 15) is 10.2 Å². The SMILES string of the molecule is CCCCCCCCC(CCC)OC.CCCCCCCCC(CCCCCCCC)CCCCCCCN(CCCCCCCO)CC(O)CO.O=CO. The summed E-state index contributed by atoms with van der Waals surface area (Å²) in [6, 6.07) is 0. The zero-order chi connectivity index (χ0) is 41.3. The molecule has 0 aliphatic rings. The molecule has 7 nitrogen and oxygen atoms in total. The predicted molar refractivity (Wildman–Crippen MR) is 239 cm³/mol. The van der Waals surface area contributed by atoms with Crippen molar-refractivity contribution in [1.82, 2.24) is 4.90 Å². The van der Waals surface area contributed by atoms with Gasteiger partial charge in [-0.2, -0.15) is 0 Å². The molecule has 0 aliphatic heterocycles. The first-order chi connectivity index (χ1) is 26.9. The van der Waals surface area contributed by atoms with Crippen LogP contribution in [-0.2, 0) is 9.53 Å². The first-order valence-corrected chi connectivity index (χ1v) is 24.2. The Kier molecular flexibility index (Phi) is 56.7. The molecule has 0 rings (SSSR count). The number of carboxylic acid groups (broad SMARTS) is 1. The second-order valence-electron chi connectivity index (χ2n) is 16.5. The van der Waals surface area contributed by atoms with E-state index in [0.29, 0.717) is 19.3 Å². The highest BCUT2D eigenvalue weighted by molar-refractivity contribution is 5.32. The number of unbranched alkanes of at least 4 members (excludes halogenated alkanes) is 23. The number of methoxy groups -OCH3 is 1. The van der Waals surface area contributed by atoms with E-state index in [1.165, 1.54) is 199 Å². The van der Waals surface area contributed by atoms with Crippen molar-refractivity contribution in [3.05, 3.63) is 0 Å². The van der Waals surface area contributed by atoms with Gasteiger partial charge in [-0.25, -0.2) is 0 Å². The minimum absolute atomic E-state index is 0.147. The van der Waals surface area contributed by atoms with Crippen molar-refractivity contribution >= 4 is 6.47 Å². The molecule has 0 aromatic rings. The van der Waals surface area contributed by atoms with Gasteiger partial charge in [-0.15, -0.1) is 0 Å². The molecule has 0 bridgehead atoms. The lowest BCUT2D eigenvalue weighted by atomic mass is 9.89. The predicted octanol–water partition coefficient (Wildman–Crippen LogP) is 13.3. The fourth-order valence-electron chi connectivity index (χ4n) is 7.64. The maximum absolute atomic E-state index is 9.94. The zero-order valence-corrected chi connectivity index (χ0v) is 37.9. The van der Waals surface area contributed by atoms with Gasteiger partial charge in [0.2, 0.25) is 0 Å². The Labute approximate surface area is 344 Å². The first kappa shape index (κ1) is 58.6. The topological polar surface area (TPSA) is 110 Å². The van der Waals surface area contributed by atoms with Crippen molar-refractivity contribution in [2.45, 2.75) is 258 Å². The molecule has 4 N–H and O–H groups in total. The summed E-state index contributed by atoms with van der Waals surface area (Å²) in [6.45, 7) is 11.6. The molecule has 0 spiro atoms. The molecule has 2 atom stereocenters. The Balaban J connectivity index is -0.00000132. The lowest BCUT2D eigenvalue weighted by Crippen LogP contribution is -2.35. The Bertz CT molecular complexity index is 652. The van der Waals surface area contributed by atoms with Crippen LogP contribution in [0, 0.1) is 5.92 Å². The minimum atomic E-state index is -0.625. The van der Waals surface area contributed by atoms with Crippen LogP contribution >= 0.6 is 0 Å². The van der Waals surface area contributed by atoms with E-state index in [1.54, 1.807) is 0 Å². The Morgan fingerprint density at radius 1 is 0.491 bits per heavy atom. The number of nitrogens with zero attached hydrogens (tertiary/aromatic N) is 1. The van der Waals surface area contributed by atoms with Gasteiger partial charge in [0.15, 0.2) is 0 Å². The molecule has 0 radical (unpaired) electrons. The van der Waals surface area contributed by atoms with Crippen molar-refractivity contribution in [3.8, 4) is 0 Å². The third-order valence-electron chi connectivity index (χ3n) is 11.2. The highest BCUT2D eigenvalue weighted by Crippen LogP contribution is 2.25. The molecule has 0 saturated carbocycles. The van der Waals surface area contributed by atoms with Crippen LogP contribution in [0.3, 0.4) is 0 Å². The average molecular weight is 788 g/mol. The first-order valence-electron chi connectivity index (χ1n) is 24.2. The van der Waals surface area contributed by atoms with Gasteiger partial charge in [0.05, 0.1) is 18.8 Å². The molecule has 0 saturated heterocycles. The van der Waals surface area contributed by atoms with Crippen molar-refractivity contribution < 1.29 is 30.0 Å². The van der Waals surface area contributed by atoms with Gasteiger partial charge in [0.25, 0.3) is 6.47 Å². The fraction of sp³-hybridized carbons (Fsp3) is 0.979. The van der Waals surface area contributed by atoms with Gasteiger partial charge >= 0.3 is 0 Å². The summed E-state index contributed by atoms with van der Waals surface area (Å²) >= 11 is 0. The van der Waals surface area contributed by atoms with Crippen LogP contribution in [0.5, 0.6) is 0 Å². The van der Waals surface area contributed by atoms with Crippen molar-refractivity contribution in [3.63, 3.8) is 0 Å². The van der Waals surface area contributed by atoms with Crippen LogP contribution < -0.4 is 0 Å². The molecule has 0 amide bonds. The maximum atomic E-state index is 9.94. The van der Waals surface area contributed by atoms with E-state index >= 15 is 0 Å². The van der Waals surface area contributed by atoms with E-state index in [4.69, 9.17) is 19.7 Å². The van der Waals surface area contributed by atoms with E-state index in [-0.39, 0.29) is 13.1 Å². The van der Waals surface area contributed by atoms with Crippen molar-refractivity contribution in [2.75, 3.05) is 40.0 Å². The van der Waals surface area contributed by atoms with Crippen LogP contribution in [0.2, 0.25) is 0 Å². The van der Waals surface area contributed by atoms with Gasteiger partial charge in [-0.3, -0.25) is 4.79 Å². The Morgan fingerprint density at radius 2 is 0.836 bits per heavy atom. The average Bonchev–Trinajstić information content (AvgIpc) is 3.19. The number of carbonyl (C=O) groups is 1. The number of rotatable bonds is 42. The van der Waals surface area contributed by atoms with E-state index < -0.39 is 6.10 Å². The zero-order valence-electron chi connectivity index (χ0n) is 37.9. The van der Waals surface area contributed by atoms with E-state index in [2.05, 4.69) is 32.6 Å². The standard InChI is InChI=1S/C34H71NO3.C13H28O.CH2O2/c1-3-5-7-9-13-19-25-33(26-20-14-10-8-6-4-2)27-21-15-11-16-22-28-35(31-34(38)32-37)29-23-17-12-18-24-30-36;1-4-6-7-8-9-10-12-13(14-3)11-5-2;2-1-3/h33-34,36-38H,3-32H2,1-2H3;13H,4-12H2,1-3H3;1H,(H,2,3). The Hall–Kier alpha value is -0.730. The summed E-state index contributed by atoms with van der Waals surface area (Å²) in [5, 5.41) is 35.0. The number of aliphatic hydroxyl groups excluding tert-OH is 3. The fourth-order valence-corrected chi connectivity index (χ4v) is 7.64. The lowest BCUT2D eigenvalue weighted by molar-refractivity contribution is -0.122. The van der Waals surface area contributed by atoms with E-state index in [0.717, 1.165) is 38.3 Å². The van der Waals surface area contributed by atoms with E-state index in [1.807, 2.05) is 7.11 Å². The molecule has 55 heavy (non-hydrogen) atoms. The molecule has 0 fully saturated rings. The number of aliphatic hydroxyl groups is 3. The monoisotopic (exact) mass is 788 g/mol. The third kappa shape index (κ3) is 51.3.